The molecular formula is C17H25N3O. The van der Waals surface area contributed by atoms with Gasteiger partial charge >= 0.3 is 0 Å². The molecule has 0 bridgehead atoms. The summed E-state index contributed by atoms with van der Waals surface area (Å²) in [6.45, 7) is 5.40. The van der Waals surface area contributed by atoms with E-state index in [1.807, 2.05) is 12.4 Å². The van der Waals surface area contributed by atoms with Crippen molar-refractivity contribution in [2.45, 2.75) is 39.2 Å². The molecular weight excluding hydrogens is 262 g/mol. The molecule has 1 atom stereocenters. The monoisotopic (exact) mass is 287 g/mol. The van der Waals surface area contributed by atoms with Gasteiger partial charge in [0.1, 0.15) is 17.3 Å². The van der Waals surface area contributed by atoms with Gasteiger partial charge in [-0.15, -0.1) is 0 Å². The predicted octanol–water partition coefficient (Wildman–Crippen LogP) is 3.03. The van der Waals surface area contributed by atoms with Gasteiger partial charge in [0.2, 0.25) is 0 Å². The van der Waals surface area contributed by atoms with Gasteiger partial charge in [-0.3, -0.25) is 4.90 Å². The van der Waals surface area contributed by atoms with E-state index in [2.05, 4.69) is 40.6 Å². The van der Waals surface area contributed by atoms with Gasteiger partial charge in [0.25, 0.3) is 0 Å². The minimum Gasteiger partial charge on any atom is -0.465 e. The van der Waals surface area contributed by atoms with Crippen LogP contribution < -0.4 is 0 Å². The van der Waals surface area contributed by atoms with Crippen molar-refractivity contribution >= 4 is 0 Å². The molecule has 1 aliphatic heterocycles. The summed E-state index contributed by atoms with van der Waals surface area (Å²) in [6, 6.07) is 4.23. The summed E-state index contributed by atoms with van der Waals surface area (Å²) in [7, 11) is 2.08. The summed E-state index contributed by atoms with van der Waals surface area (Å²) < 4.78 is 7.98. The lowest BCUT2D eigenvalue weighted by molar-refractivity contribution is 0.154. The molecule has 4 heteroatoms. The van der Waals surface area contributed by atoms with Crippen molar-refractivity contribution in [2.24, 2.45) is 13.0 Å². The highest BCUT2D eigenvalue weighted by Crippen LogP contribution is 2.22. The zero-order chi connectivity index (χ0) is 14.7. The standard InChI is InChI=1S/C17H25N3O/c1-3-15-6-7-16(21-15)13-20-9-4-5-14(12-20)11-17-18-8-10-19(17)2/h6-8,10,14H,3-5,9,11-13H2,1-2H3/t14-/m0/s1. The molecule has 2 aromatic heterocycles. The van der Waals surface area contributed by atoms with Gasteiger partial charge in [-0.2, -0.15) is 0 Å². The second-order valence-corrected chi connectivity index (χ2v) is 6.12. The predicted molar refractivity (Wildman–Crippen MR) is 83.0 cm³/mol. The van der Waals surface area contributed by atoms with Gasteiger partial charge in [-0.1, -0.05) is 6.92 Å². The molecule has 4 nitrogen and oxygen atoms in total. The smallest absolute Gasteiger partial charge is 0.118 e. The molecule has 114 valence electrons. The molecule has 0 aromatic carbocycles. The van der Waals surface area contributed by atoms with E-state index in [0.29, 0.717) is 5.92 Å². The average Bonchev–Trinajstić information content (AvgIpc) is 3.09. The van der Waals surface area contributed by atoms with Crippen molar-refractivity contribution < 1.29 is 4.42 Å². The zero-order valence-electron chi connectivity index (χ0n) is 13.1. The number of nitrogens with zero attached hydrogens (tertiary/aromatic N) is 3. The van der Waals surface area contributed by atoms with Crippen LogP contribution in [0.1, 0.15) is 37.1 Å². The van der Waals surface area contributed by atoms with Crippen LogP contribution in [-0.2, 0) is 26.4 Å². The topological polar surface area (TPSA) is 34.2 Å². The number of aromatic nitrogens is 2. The first kappa shape index (κ1) is 14.4. The van der Waals surface area contributed by atoms with E-state index in [0.717, 1.165) is 37.5 Å². The Bertz CT molecular complexity index is 572. The number of likely N-dealkylation sites (tertiary alicyclic amines) is 1. The number of hydrogen-bond acceptors (Lipinski definition) is 3. The Labute approximate surface area is 126 Å². The van der Waals surface area contributed by atoms with Crippen LogP contribution in [0.25, 0.3) is 0 Å². The highest BCUT2D eigenvalue weighted by atomic mass is 16.3. The van der Waals surface area contributed by atoms with Crippen LogP contribution in [0.4, 0.5) is 0 Å². The maximum atomic E-state index is 5.84. The van der Waals surface area contributed by atoms with Crippen LogP contribution in [0.15, 0.2) is 28.9 Å². The quantitative estimate of drug-likeness (QED) is 0.847. The van der Waals surface area contributed by atoms with Crippen molar-refractivity contribution in [3.05, 3.63) is 41.9 Å². The molecule has 3 heterocycles. The summed E-state index contributed by atoms with van der Waals surface area (Å²) >= 11 is 0. The Morgan fingerprint density at radius 1 is 1.33 bits per heavy atom. The normalized spacial score (nSPS) is 20.0. The summed E-state index contributed by atoms with van der Waals surface area (Å²) in [4.78, 5) is 6.98. The van der Waals surface area contributed by atoms with Gasteiger partial charge in [0.15, 0.2) is 0 Å². The molecule has 1 fully saturated rings. The molecule has 2 aromatic rings. The van der Waals surface area contributed by atoms with Crippen molar-refractivity contribution in [1.82, 2.24) is 14.5 Å². The Hall–Kier alpha value is -1.55. The highest BCUT2D eigenvalue weighted by Gasteiger charge is 2.22. The Balaban J connectivity index is 1.56. The van der Waals surface area contributed by atoms with Gasteiger partial charge in [0.05, 0.1) is 6.54 Å². The Morgan fingerprint density at radius 3 is 2.90 bits per heavy atom. The van der Waals surface area contributed by atoms with Crippen LogP contribution in [0, 0.1) is 5.92 Å². The minimum atomic E-state index is 0.709. The highest BCUT2D eigenvalue weighted by molar-refractivity contribution is 5.07. The summed E-state index contributed by atoms with van der Waals surface area (Å²) in [5.74, 6) is 4.10. The number of piperidine rings is 1. The number of rotatable bonds is 5. The van der Waals surface area contributed by atoms with Gasteiger partial charge in [0, 0.05) is 38.8 Å². The molecule has 0 aliphatic carbocycles. The Morgan fingerprint density at radius 2 is 2.19 bits per heavy atom. The number of hydrogen-bond donors (Lipinski definition) is 0. The lowest BCUT2D eigenvalue weighted by Crippen LogP contribution is -2.36. The third kappa shape index (κ3) is 3.56. The third-order valence-corrected chi connectivity index (χ3v) is 4.44. The average molecular weight is 287 g/mol. The van der Waals surface area contributed by atoms with E-state index in [-0.39, 0.29) is 0 Å². The first-order valence-corrected chi connectivity index (χ1v) is 8.00. The van der Waals surface area contributed by atoms with Crippen molar-refractivity contribution in [3.63, 3.8) is 0 Å². The molecule has 0 amide bonds. The first-order chi connectivity index (χ1) is 10.2. The van der Waals surface area contributed by atoms with Crippen molar-refractivity contribution in [3.8, 4) is 0 Å². The van der Waals surface area contributed by atoms with Crippen LogP contribution in [0.2, 0.25) is 0 Å². The number of imidazole rings is 1. The SMILES string of the molecule is CCc1ccc(CN2CCC[C@@H](Cc3nccn3C)C2)o1. The second kappa shape index (κ2) is 6.48. The number of aryl methyl sites for hydroxylation is 2. The van der Waals surface area contributed by atoms with E-state index in [1.54, 1.807) is 0 Å². The van der Waals surface area contributed by atoms with E-state index in [9.17, 15) is 0 Å². The lowest BCUT2D eigenvalue weighted by atomic mass is 9.94. The van der Waals surface area contributed by atoms with E-state index < -0.39 is 0 Å². The largest absolute Gasteiger partial charge is 0.465 e. The van der Waals surface area contributed by atoms with E-state index in [4.69, 9.17) is 4.42 Å². The van der Waals surface area contributed by atoms with Crippen molar-refractivity contribution in [1.29, 1.82) is 0 Å². The number of furan rings is 1. The van der Waals surface area contributed by atoms with Gasteiger partial charge < -0.3 is 8.98 Å². The first-order valence-electron chi connectivity index (χ1n) is 8.00. The molecule has 0 saturated carbocycles. The fourth-order valence-electron chi connectivity index (χ4n) is 3.23. The maximum Gasteiger partial charge on any atom is 0.118 e. The molecule has 0 spiro atoms. The molecule has 21 heavy (non-hydrogen) atoms. The molecule has 0 N–H and O–H groups in total. The fourth-order valence-corrected chi connectivity index (χ4v) is 3.23. The molecule has 3 rings (SSSR count). The Kier molecular flexibility index (Phi) is 4.44. The van der Waals surface area contributed by atoms with Crippen molar-refractivity contribution in [2.75, 3.05) is 13.1 Å². The maximum absolute atomic E-state index is 5.84. The van der Waals surface area contributed by atoms with E-state index in [1.165, 1.54) is 25.2 Å². The second-order valence-electron chi connectivity index (χ2n) is 6.12. The van der Waals surface area contributed by atoms with Gasteiger partial charge in [-0.05, 0) is 37.4 Å². The van der Waals surface area contributed by atoms with Crippen LogP contribution >= 0.6 is 0 Å². The van der Waals surface area contributed by atoms with Gasteiger partial charge in [-0.25, -0.2) is 4.98 Å². The third-order valence-electron chi connectivity index (χ3n) is 4.44. The fraction of sp³-hybridized carbons (Fsp3) is 0.588. The molecule has 0 radical (unpaired) electrons. The van der Waals surface area contributed by atoms with Crippen LogP contribution in [-0.4, -0.2) is 27.5 Å². The molecule has 1 saturated heterocycles. The summed E-state index contributed by atoms with van der Waals surface area (Å²) in [5, 5.41) is 0. The van der Waals surface area contributed by atoms with Crippen LogP contribution in [0.3, 0.4) is 0 Å². The minimum absolute atomic E-state index is 0.709. The molecule has 0 unspecified atom stereocenters. The lowest BCUT2D eigenvalue weighted by Gasteiger charge is -2.32. The van der Waals surface area contributed by atoms with E-state index >= 15 is 0 Å². The summed E-state index contributed by atoms with van der Waals surface area (Å²) in [5.41, 5.74) is 0. The molecule has 1 aliphatic rings. The zero-order valence-corrected chi connectivity index (χ0v) is 13.1. The summed E-state index contributed by atoms with van der Waals surface area (Å²) in [6.07, 6.45) is 8.56. The van der Waals surface area contributed by atoms with Crippen LogP contribution in [0.5, 0.6) is 0 Å².